The van der Waals surface area contributed by atoms with Crippen LogP contribution in [0.4, 0.5) is 5.82 Å². The Morgan fingerprint density at radius 3 is 2.42 bits per heavy atom. The molecule has 1 rings (SSSR count). The van der Waals surface area contributed by atoms with Gasteiger partial charge in [-0.15, -0.1) is 0 Å². The number of unbranched alkanes of at least 4 members (excludes halogenated alkanes) is 1. The van der Waals surface area contributed by atoms with Crippen molar-refractivity contribution in [3.63, 3.8) is 0 Å². The second-order valence-corrected chi connectivity index (χ2v) is 5.72. The maximum absolute atomic E-state index is 6.27. The largest absolute Gasteiger partial charge is 0.354 e. The summed E-state index contributed by atoms with van der Waals surface area (Å²) in [4.78, 5) is 11.0. The van der Waals surface area contributed by atoms with E-state index in [1.165, 1.54) is 12.8 Å². The first-order chi connectivity index (χ1) is 9.02. The normalized spacial score (nSPS) is 12.8. The first kappa shape index (κ1) is 16.2. The van der Waals surface area contributed by atoms with Crippen LogP contribution in [0.3, 0.4) is 0 Å². The van der Waals surface area contributed by atoms with Gasteiger partial charge in [-0.3, -0.25) is 0 Å². The van der Waals surface area contributed by atoms with Gasteiger partial charge in [-0.1, -0.05) is 45.7 Å². The number of aromatic nitrogens is 2. The van der Waals surface area contributed by atoms with Crippen LogP contribution in [0.5, 0.6) is 0 Å². The Hall–Kier alpha value is -0.830. The summed E-state index contributed by atoms with van der Waals surface area (Å²) >= 11 is 6.27. The van der Waals surface area contributed by atoms with E-state index < -0.39 is 0 Å². The number of anilines is 1. The van der Waals surface area contributed by atoms with Gasteiger partial charge in [0.15, 0.2) is 0 Å². The van der Waals surface area contributed by atoms with Crippen LogP contribution >= 0.6 is 11.6 Å². The summed E-state index contributed by atoms with van der Waals surface area (Å²) in [6.45, 7) is 12.0. The molecule has 0 bridgehead atoms. The van der Waals surface area contributed by atoms with Crippen molar-refractivity contribution in [1.82, 2.24) is 9.97 Å². The van der Waals surface area contributed by atoms with E-state index in [0.717, 1.165) is 24.3 Å². The highest BCUT2D eigenvalue weighted by Crippen LogP contribution is 2.32. The van der Waals surface area contributed by atoms with Gasteiger partial charge in [0.2, 0.25) is 0 Å². The molecule has 0 spiro atoms. The zero-order valence-corrected chi connectivity index (χ0v) is 13.5. The molecule has 0 aliphatic heterocycles. The highest BCUT2D eigenvalue weighted by atomic mass is 35.5. The quantitative estimate of drug-likeness (QED) is 0.682. The molecule has 1 heterocycles. The average Bonchev–Trinajstić information content (AvgIpc) is 2.38. The maximum Gasteiger partial charge on any atom is 0.138 e. The number of hydrogen-bond acceptors (Lipinski definition) is 3. The van der Waals surface area contributed by atoms with Gasteiger partial charge in [0, 0.05) is 18.2 Å². The predicted octanol–water partition coefficient (Wildman–Crippen LogP) is 4.66. The molecule has 19 heavy (non-hydrogen) atoms. The van der Waals surface area contributed by atoms with E-state index in [-0.39, 0.29) is 0 Å². The molecule has 1 aromatic rings. The van der Waals surface area contributed by atoms with E-state index in [2.05, 4.69) is 49.5 Å². The number of rotatable bonds is 7. The van der Waals surface area contributed by atoms with Gasteiger partial charge >= 0.3 is 0 Å². The van der Waals surface area contributed by atoms with Gasteiger partial charge < -0.3 is 4.90 Å². The summed E-state index contributed by atoms with van der Waals surface area (Å²) in [5.74, 6) is 1.34. The minimum atomic E-state index is 0.330. The van der Waals surface area contributed by atoms with Gasteiger partial charge in [-0.25, -0.2) is 9.97 Å². The zero-order valence-electron chi connectivity index (χ0n) is 12.8. The van der Waals surface area contributed by atoms with Crippen molar-refractivity contribution in [2.45, 2.75) is 65.8 Å². The van der Waals surface area contributed by atoms with E-state index in [0.29, 0.717) is 17.1 Å². The van der Waals surface area contributed by atoms with E-state index in [9.17, 15) is 0 Å². The van der Waals surface area contributed by atoms with Crippen LogP contribution < -0.4 is 4.90 Å². The highest BCUT2D eigenvalue weighted by Gasteiger charge is 2.21. The van der Waals surface area contributed by atoms with Crippen LogP contribution in [0.1, 0.15) is 65.4 Å². The molecule has 0 fully saturated rings. The van der Waals surface area contributed by atoms with E-state index >= 15 is 0 Å². The third-order valence-electron chi connectivity index (χ3n) is 3.54. The Labute approximate surface area is 122 Å². The zero-order chi connectivity index (χ0) is 14.4. The van der Waals surface area contributed by atoms with Gasteiger partial charge in [-0.2, -0.15) is 0 Å². The molecule has 1 aromatic heterocycles. The summed E-state index contributed by atoms with van der Waals surface area (Å²) in [6, 6.07) is 0.468. The molecule has 0 aliphatic carbocycles. The van der Waals surface area contributed by atoms with Gasteiger partial charge in [-0.05, 0) is 25.7 Å². The lowest BCUT2D eigenvalue weighted by molar-refractivity contribution is 0.584. The lowest BCUT2D eigenvalue weighted by Crippen LogP contribution is -2.35. The Balaban J connectivity index is 3.17. The van der Waals surface area contributed by atoms with Crippen LogP contribution in [-0.4, -0.2) is 22.6 Å². The van der Waals surface area contributed by atoms with E-state index in [4.69, 9.17) is 11.6 Å². The fourth-order valence-electron chi connectivity index (χ4n) is 2.17. The second-order valence-electron chi connectivity index (χ2n) is 5.36. The van der Waals surface area contributed by atoms with Crippen molar-refractivity contribution in [2.24, 2.45) is 0 Å². The molecular formula is C15H26ClN3. The summed E-state index contributed by atoms with van der Waals surface area (Å²) in [5, 5.41) is 0.588. The Morgan fingerprint density at radius 1 is 1.21 bits per heavy atom. The molecule has 0 saturated heterocycles. The number of halogens is 1. The molecule has 1 unspecified atom stereocenters. The average molecular weight is 284 g/mol. The Kier molecular flexibility index (Phi) is 6.56. The van der Waals surface area contributed by atoms with Crippen LogP contribution in [0, 0.1) is 0 Å². The van der Waals surface area contributed by atoms with Crippen LogP contribution in [0.2, 0.25) is 5.15 Å². The smallest absolute Gasteiger partial charge is 0.138 e. The molecule has 4 heteroatoms. The predicted molar refractivity (Wildman–Crippen MR) is 83.1 cm³/mol. The Morgan fingerprint density at radius 2 is 1.89 bits per heavy atom. The SMILES string of the molecule is CCCCN(c1ncnc(Cl)c1C(C)C)C(C)CC. The second kappa shape index (κ2) is 7.68. The molecule has 1 atom stereocenters. The standard InChI is InChI=1S/C15H26ClN3/c1-6-8-9-19(12(5)7-2)15-13(11(3)4)14(16)17-10-18-15/h10-12H,6-9H2,1-5H3. The minimum absolute atomic E-state index is 0.330. The molecule has 0 aliphatic rings. The monoisotopic (exact) mass is 283 g/mol. The maximum atomic E-state index is 6.27. The fourth-order valence-corrected chi connectivity index (χ4v) is 2.52. The van der Waals surface area contributed by atoms with Gasteiger partial charge in [0.05, 0.1) is 0 Å². The summed E-state index contributed by atoms with van der Waals surface area (Å²) in [7, 11) is 0. The molecule has 0 N–H and O–H groups in total. The first-order valence-corrected chi connectivity index (χ1v) is 7.67. The molecule has 0 aromatic carbocycles. The molecular weight excluding hydrogens is 258 g/mol. The van der Waals surface area contributed by atoms with Crippen molar-refractivity contribution in [3.8, 4) is 0 Å². The van der Waals surface area contributed by atoms with Crippen molar-refractivity contribution in [1.29, 1.82) is 0 Å². The molecule has 0 amide bonds. The summed E-state index contributed by atoms with van der Waals surface area (Å²) in [5.41, 5.74) is 1.07. The van der Waals surface area contributed by atoms with Crippen LogP contribution in [0.15, 0.2) is 6.33 Å². The number of hydrogen-bond donors (Lipinski definition) is 0. The topological polar surface area (TPSA) is 29.0 Å². The van der Waals surface area contributed by atoms with Crippen molar-refractivity contribution < 1.29 is 0 Å². The number of nitrogens with zero attached hydrogens (tertiary/aromatic N) is 3. The molecule has 0 radical (unpaired) electrons. The highest BCUT2D eigenvalue weighted by molar-refractivity contribution is 6.30. The summed E-state index contributed by atoms with van der Waals surface area (Å²) in [6.07, 6.45) is 5.03. The van der Waals surface area contributed by atoms with E-state index in [1.807, 2.05) is 0 Å². The van der Waals surface area contributed by atoms with Crippen molar-refractivity contribution in [3.05, 3.63) is 17.0 Å². The molecule has 3 nitrogen and oxygen atoms in total. The van der Waals surface area contributed by atoms with Crippen molar-refractivity contribution in [2.75, 3.05) is 11.4 Å². The van der Waals surface area contributed by atoms with Crippen LogP contribution in [-0.2, 0) is 0 Å². The van der Waals surface area contributed by atoms with Gasteiger partial charge in [0.25, 0.3) is 0 Å². The lowest BCUT2D eigenvalue weighted by atomic mass is 10.0. The third-order valence-corrected chi connectivity index (χ3v) is 3.84. The van der Waals surface area contributed by atoms with Crippen LogP contribution in [0.25, 0.3) is 0 Å². The van der Waals surface area contributed by atoms with E-state index in [1.54, 1.807) is 6.33 Å². The third kappa shape index (κ3) is 4.07. The Bertz CT molecular complexity index is 393. The molecule has 108 valence electrons. The van der Waals surface area contributed by atoms with Gasteiger partial charge in [0.1, 0.15) is 17.3 Å². The summed E-state index contributed by atoms with van der Waals surface area (Å²) < 4.78 is 0. The first-order valence-electron chi connectivity index (χ1n) is 7.29. The molecule has 0 saturated carbocycles. The lowest BCUT2D eigenvalue weighted by Gasteiger charge is -2.32. The van der Waals surface area contributed by atoms with Crippen molar-refractivity contribution >= 4 is 17.4 Å². The minimum Gasteiger partial charge on any atom is -0.354 e. The fraction of sp³-hybridized carbons (Fsp3) is 0.733.